The van der Waals surface area contributed by atoms with E-state index < -0.39 is 0 Å². The summed E-state index contributed by atoms with van der Waals surface area (Å²) in [5.41, 5.74) is 1.12. The molecule has 0 amide bonds. The minimum atomic E-state index is 0. The van der Waals surface area contributed by atoms with Crippen molar-refractivity contribution in [2.45, 2.75) is 26.9 Å². The molecule has 11 heteroatoms. The van der Waals surface area contributed by atoms with Crippen molar-refractivity contribution in [1.82, 2.24) is 25.3 Å². The average molecular weight is 560 g/mol. The molecule has 2 heterocycles. The predicted molar refractivity (Wildman–Crippen MR) is 132 cm³/mol. The third kappa shape index (κ3) is 6.61. The van der Waals surface area contributed by atoms with E-state index in [1.807, 2.05) is 12.1 Å². The molecule has 1 aliphatic heterocycles. The van der Waals surface area contributed by atoms with Crippen LogP contribution >= 0.6 is 24.0 Å². The Morgan fingerprint density at radius 1 is 1.09 bits per heavy atom. The monoisotopic (exact) mass is 560 g/mol. The van der Waals surface area contributed by atoms with Gasteiger partial charge in [-0.3, -0.25) is 4.90 Å². The highest BCUT2D eigenvalue weighted by atomic mass is 127. The molecule has 1 N–H and O–H groups in total. The van der Waals surface area contributed by atoms with Crippen LogP contribution in [-0.4, -0.2) is 80.0 Å². The maximum atomic E-state index is 5.48. The van der Waals surface area contributed by atoms with Crippen molar-refractivity contribution in [3.05, 3.63) is 29.4 Å². The van der Waals surface area contributed by atoms with Gasteiger partial charge in [-0.05, 0) is 24.6 Å². The SMILES string of the molecule is CCNC(=NCc1noc(C)n1)N1CCN(Cc2cc(OC)c(OC)c(OC)c2)CC1.I. The van der Waals surface area contributed by atoms with Crippen molar-refractivity contribution < 1.29 is 18.7 Å². The standard InChI is InChI=1S/C21H32N6O4.HI/c1-6-22-21(23-13-19-24-15(2)31-25-19)27-9-7-26(8-10-27)14-16-11-17(28-3)20(30-5)18(12-16)29-4;/h11-12H,6-10,13-14H2,1-5H3,(H,22,23);1H. The Morgan fingerprint density at radius 2 is 1.75 bits per heavy atom. The van der Waals surface area contributed by atoms with Crippen LogP contribution in [0, 0.1) is 6.92 Å². The Hall–Kier alpha value is -2.28. The number of aryl methyl sites for hydroxylation is 1. The van der Waals surface area contributed by atoms with Crippen molar-refractivity contribution in [3.8, 4) is 17.2 Å². The number of piperazine rings is 1. The lowest BCUT2D eigenvalue weighted by molar-refractivity contribution is 0.172. The van der Waals surface area contributed by atoms with Gasteiger partial charge in [0.15, 0.2) is 23.3 Å². The molecule has 0 saturated carbocycles. The number of hydrogen-bond acceptors (Lipinski definition) is 8. The zero-order valence-corrected chi connectivity index (χ0v) is 21.7. The van der Waals surface area contributed by atoms with Crippen molar-refractivity contribution in [2.75, 3.05) is 54.1 Å². The largest absolute Gasteiger partial charge is 0.493 e. The van der Waals surface area contributed by atoms with E-state index in [1.165, 1.54) is 0 Å². The molecular formula is C21H33IN6O4. The summed E-state index contributed by atoms with van der Waals surface area (Å²) in [5.74, 6) is 3.98. The molecule has 3 rings (SSSR count). The van der Waals surface area contributed by atoms with Crippen LogP contribution in [0.3, 0.4) is 0 Å². The fourth-order valence-electron chi connectivity index (χ4n) is 3.58. The highest BCUT2D eigenvalue weighted by Gasteiger charge is 2.21. The van der Waals surface area contributed by atoms with Crippen LogP contribution in [0.25, 0.3) is 0 Å². The summed E-state index contributed by atoms with van der Waals surface area (Å²) in [6.07, 6.45) is 0. The number of aromatic nitrogens is 2. The number of halogens is 1. The fourth-order valence-corrected chi connectivity index (χ4v) is 3.58. The topological polar surface area (TPSA) is 97.5 Å². The smallest absolute Gasteiger partial charge is 0.223 e. The van der Waals surface area contributed by atoms with Gasteiger partial charge in [-0.25, -0.2) is 4.99 Å². The molecule has 1 aromatic carbocycles. The molecule has 1 fully saturated rings. The summed E-state index contributed by atoms with van der Waals surface area (Å²) in [5, 5.41) is 7.28. The van der Waals surface area contributed by atoms with Crippen molar-refractivity contribution in [3.63, 3.8) is 0 Å². The second kappa shape index (κ2) is 12.7. The number of benzene rings is 1. The third-order valence-electron chi connectivity index (χ3n) is 5.08. The van der Waals surface area contributed by atoms with Crippen LogP contribution in [0.4, 0.5) is 0 Å². The van der Waals surface area contributed by atoms with Gasteiger partial charge in [-0.2, -0.15) is 4.98 Å². The van der Waals surface area contributed by atoms with Crippen molar-refractivity contribution >= 4 is 29.9 Å². The quantitative estimate of drug-likeness (QED) is 0.297. The highest BCUT2D eigenvalue weighted by molar-refractivity contribution is 14.0. The summed E-state index contributed by atoms with van der Waals surface area (Å²) in [7, 11) is 4.89. The van der Waals surface area contributed by atoms with Crippen LogP contribution in [0.1, 0.15) is 24.2 Å². The van der Waals surface area contributed by atoms with Gasteiger partial charge in [0.05, 0.1) is 21.3 Å². The van der Waals surface area contributed by atoms with Gasteiger partial charge >= 0.3 is 0 Å². The van der Waals surface area contributed by atoms with Gasteiger partial charge in [-0.1, -0.05) is 5.16 Å². The van der Waals surface area contributed by atoms with Gasteiger partial charge in [0.25, 0.3) is 0 Å². The Morgan fingerprint density at radius 3 is 2.25 bits per heavy atom. The molecule has 1 saturated heterocycles. The number of rotatable bonds is 8. The first-order chi connectivity index (χ1) is 15.1. The number of hydrogen-bond donors (Lipinski definition) is 1. The van der Waals surface area contributed by atoms with Crippen LogP contribution in [0.5, 0.6) is 17.2 Å². The summed E-state index contributed by atoms with van der Waals surface area (Å²) in [6.45, 7) is 9.43. The molecule has 0 unspecified atom stereocenters. The van der Waals surface area contributed by atoms with E-state index in [9.17, 15) is 0 Å². The van der Waals surface area contributed by atoms with Crippen molar-refractivity contribution in [1.29, 1.82) is 0 Å². The number of methoxy groups -OCH3 is 3. The van der Waals surface area contributed by atoms with Crippen LogP contribution in [-0.2, 0) is 13.1 Å². The Labute approximate surface area is 206 Å². The van der Waals surface area contributed by atoms with Gasteiger partial charge in [0.1, 0.15) is 6.54 Å². The van der Waals surface area contributed by atoms with Gasteiger partial charge < -0.3 is 29.0 Å². The number of guanidine groups is 1. The fraction of sp³-hybridized carbons (Fsp3) is 0.571. The third-order valence-corrected chi connectivity index (χ3v) is 5.08. The number of aliphatic imine (C=N–C) groups is 1. The zero-order valence-electron chi connectivity index (χ0n) is 19.4. The lowest BCUT2D eigenvalue weighted by atomic mass is 10.1. The second-order valence-corrected chi connectivity index (χ2v) is 7.20. The van der Waals surface area contributed by atoms with E-state index in [1.54, 1.807) is 28.3 Å². The van der Waals surface area contributed by atoms with E-state index in [0.717, 1.165) is 50.8 Å². The molecular weight excluding hydrogens is 527 g/mol. The molecule has 10 nitrogen and oxygen atoms in total. The Balaban J connectivity index is 0.00000363. The van der Waals surface area contributed by atoms with Crippen LogP contribution < -0.4 is 19.5 Å². The van der Waals surface area contributed by atoms with E-state index >= 15 is 0 Å². The first-order valence-corrected chi connectivity index (χ1v) is 10.4. The van der Waals surface area contributed by atoms with E-state index in [-0.39, 0.29) is 24.0 Å². The van der Waals surface area contributed by atoms with Crippen molar-refractivity contribution in [2.24, 2.45) is 4.99 Å². The Kier molecular flexibility index (Phi) is 10.3. The molecule has 0 bridgehead atoms. The summed E-state index contributed by atoms with van der Waals surface area (Å²) in [4.78, 5) is 13.6. The molecule has 1 aromatic heterocycles. The highest BCUT2D eigenvalue weighted by Crippen LogP contribution is 2.38. The van der Waals surface area contributed by atoms with Gasteiger partial charge in [0, 0.05) is 46.2 Å². The second-order valence-electron chi connectivity index (χ2n) is 7.20. The molecule has 178 valence electrons. The number of nitrogens with one attached hydrogen (secondary N) is 1. The normalized spacial score (nSPS) is 14.7. The van der Waals surface area contributed by atoms with Gasteiger partial charge in [-0.15, -0.1) is 24.0 Å². The molecule has 2 aromatic rings. The molecule has 32 heavy (non-hydrogen) atoms. The maximum absolute atomic E-state index is 5.48. The lowest BCUT2D eigenvalue weighted by Crippen LogP contribution is -2.52. The lowest BCUT2D eigenvalue weighted by Gasteiger charge is -2.36. The average Bonchev–Trinajstić information content (AvgIpc) is 3.21. The first kappa shape index (κ1) is 26.0. The number of ether oxygens (including phenoxy) is 3. The summed E-state index contributed by atoms with van der Waals surface area (Å²) < 4.78 is 21.4. The predicted octanol–water partition coefficient (Wildman–Crippen LogP) is 2.31. The van der Waals surface area contributed by atoms with E-state index in [2.05, 4.69) is 37.2 Å². The summed E-state index contributed by atoms with van der Waals surface area (Å²) in [6, 6.07) is 4.01. The summed E-state index contributed by atoms with van der Waals surface area (Å²) >= 11 is 0. The Bertz CT molecular complexity index is 858. The molecule has 0 aliphatic carbocycles. The van der Waals surface area contributed by atoms with E-state index in [4.69, 9.17) is 18.7 Å². The molecule has 0 radical (unpaired) electrons. The molecule has 0 spiro atoms. The zero-order chi connectivity index (χ0) is 22.2. The minimum Gasteiger partial charge on any atom is -0.493 e. The van der Waals surface area contributed by atoms with Gasteiger partial charge in [0.2, 0.25) is 11.6 Å². The van der Waals surface area contributed by atoms with Crippen LogP contribution in [0.2, 0.25) is 0 Å². The first-order valence-electron chi connectivity index (χ1n) is 10.4. The molecule has 0 atom stereocenters. The molecule has 1 aliphatic rings. The van der Waals surface area contributed by atoms with E-state index in [0.29, 0.717) is 35.5 Å². The van der Waals surface area contributed by atoms with Crippen LogP contribution in [0.15, 0.2) is 21.6 Å². The minimum absolute atomic E-state index is 0. The number of nitrogens with zero attached hydrogens (tertiary/aromatic N) is 5. The maximum Gasteiger partial charge on any atom is 0.223 e.